The van der Waals surface area contributed by atoms with Crippen molar-refractivity contribution < 1.29 is 14.1 Å². The Morgan fingerprint density at radius 3 is 2.67 bits per heavy atom. The second-order valence-electron chi connectivity index (χ2n) is 7.46. The van der Waals surface area contributed by atoms with Crippen LogP contribution in [0.15, 0.2) is 64.3 Å². The molecule has 1 amide bonds. The Morgan fingerprint density at radius 1 is 1.18 bits per heavy atom. The first-order chi connectivity index (χ1) is 15.9. The molecule has 0 fully saturated rings. The summed E-state index contributed by atoms with van der Waals surface area (Å²) in [4.78, 5) is 12.5. The number of nitrogens with zero attached hydrogens (tertiary/aromatic N) is 4. The summed E-state index contributed by atoms with van der Waals surface area (Å²) in [5.74, 6) is 1.74. The molecule has 0 bridgehead atoms. The van der Waals surface area contributed by atoms with Gasteiger partial charge in [-0.1, -0.05) is 54.5 Å². The van der Waals surface area contributed by atoms with Gasteiger partial charge in [0.05, 0.1) is 18.6 Å². The lowest BCUT2D eigenvalue weighted by Gasteiger charge is -2.11. The Hall–Kier alpha value is -3.30. The fourth-order valence-electron chi connectivity index (χ4n) is 3.06. The smallest absolute Gasteiger partial charge is 0.237 e. The van der Waals surface area contributed by atoms with E-state index in [9.17, 15) is 4.79 Å². The van der Waals surface area contributed by atoms with Crippen molar-refractivity contribution in [3.63, 3.8) is 0 Å². The van der Waals surface area contributed by atoms with Gasteiger partial charge in [-0.15, -0.1) is 10.2 Å². The summed E-state index contributed by atoms with van der Waals surface area (Å²) in [6.45, 7) is 4.01. The zero-order valence-electron chi connectivity index (χ0n) is 18.3. The highest BCUT2D eigenvalue weighted by molar-refractivity contribution is 7.99. The lowest BCUT2D eigenvalue weighted by molar-refractivity contribution is -0.113. The third-order valence-electron chi connectivity index (χ3n) is 4.76. The van der Waals surface area contributed by atoms with Crippen LogP contribution in [-0.2, 0) is 4.79 Å². The number of amides is 1. The first-order valence-corrected chi connectivity index (χ1v) is 11.6. The number of rotatable bonds is 8. The van der Waals surface area contributed by atoms with Gasteiger partial charge in [-0.3, -0.25) is 14.7 Å². The van der Waals surface area contributed by atoms with Gasteiger partial charge in [0.1, 0.15) is 5.75 Å². The van der Waals surface area contributed by atoms with Gasteiger partial charge >= 0.3 is 0 Å². The third kappa shape index (κ3) is 5.37. The van der Waals surface area contributed by atoms with E-state index in [4.69, 9.17) is 20.9 Å². The number of carbonyl (C=O) groups is 1. The number of halogens is 1. The molecule has 0 aliphatic rings. The minimum atomic E-state index is -0.236. The molecule has 4 aromatic rings. The molecule has 8 nitrogen and oxygen atoms in total. The third-order valence-corrected chi connectivity index (χ3v) is 5.94. The van der Waals surface area contributed by atoms with Crippen molar-refractivity contribution in [1.82, 2.24) is 19.9 Å². The maximum Gasteiger partial charge on any atom is 0.237 e. The Labute approximate surface area is 200 Å². The van der Waals surface area contributed by atoms with Gasteiger partial charge in [-0.2, -0.15) is 0 Å². The molecule has 0 radical (unpaired) electrons. The lowest BCUT2D eigenvalue weighted by atomic mass is 10.1. The number of ether oxygens (including phenoxy) is 1. The molecule has 170 valence electrons. The van der Waals surface area contributed by atoms with Gasteiger partial charge in [0.2, 0.25) is 11.8 Å². The second-order valence-corrected chi connectivity index (χ2v) is 8.84. The fraction of sp³-hybridized carbons (Fsp3) is 0.217. The molecule has 10 heteroatoms. The molecular formula is C23H22ClN5O3S. The fourth-order valence-corrected chi connectivity index (χ4v) is 3.94. The maximum atomic E-state index is 12.5. The van der Waals surface area contributed by atoms with Crippen LogP contribution in [-0.4, -0.2) is 38.7 Å². The molecule has 0 unspecified atom stereocenters. The summed E-state index contributed by atoms with van der Waals surface area (Å²) < 4.78 is 12.4. The number of thioether (sulfide) groups is 1. The predicted octanol–water partition coefficient (Wildman–Crippen LogP) is 5.44. The number of methoxy groups -OCH3 is 1. The second kappa shape index (κ2) is 10.1. The van der Waals surface area contributed by atoms with Crippen molar-refractivity contribution in [3.8, 4) is 22.8 Å². The SMILES string of the molecule is COc1cccc(-c2nnc(SCC(=O)Nc3cc(C(C)C)no3)n2-c2ccc(Cl)cc2)c1. The van der Waals surface area contributed by atoms with Crippen LogP contribution >= 0.6 is 23.4 Å². The van der Waals surface area contributed by atoms with Crippen LogP contribution in [0.5, 0.6) is 5.75 Å². The molecule has 0 spiro atoms. The average Bonchev–Trinajstić information content (AvgIpc) is 3.46. The van der Waals surface area contributed by atoms with Gasteiger partial charge in [-0.25, -0.2) is 0 Å². The first-order valence-electron chi connectivity index (χ1n) is 10.2. The lowest BCUT2D eigenvalue weighted by Crippen LogP contribution is -2.14. The molecule has 0 atom stereocenters. The zero-order chi connectivity index (χ0) is 23.4. The van der Waals surface area contributed by atoms with E-state index >= 15 is 0 Å². The predicted molar refractivity (Wildman–Crippen MR) is 128 cm³/mol. The standard InChI is InChI=1S/C23H22ClN5O3S/c1-14(2)19-12-21(32-28-19)25-20(30)13-33-23-27-26-22(15-5-4-6-18(11-15)31-3)29(23)17-9-7-16(24)8-10-17/h4-12,14H,13H2,1-3H3,(H,25,30). The first kappa shape index (κ1) is 22.9. The number of nitrogens with one attached hydrogen (secondary N) is 1. The van der Waals surface area contributed by atoms with Gasteiger partial charge < -0.3 is 9.26 Å². The topological polar surface area (TPSA) is 95.1 Å². The Balaban J connectivity index is 1.58. The number of benzene rings is 2. The van der Waals surface area contributed by atoms with Crippen LogP contribution in [0.4, 0.5) is 5.88 Å². The quantitative estimate of drug-likeness (QED) is 0.333. The Bertz CT molecular complexity index is 1250. The van der Waals surface area contributed by atoms with Crippen molar-refractivity contribution in [2.75, 3.05) is 18.2 Å². The number of aromatic nitrogens is 4. The Kier molecular flexibility index (Phi) is 7.00. The average molecular weight is 484 g/mol. The molecule has 0 aliphatic heterocycles. The van der Waals surface area contributed by atoms with Crippen molar-refractivity contribution in [2.24, 2.45) is 0 Å². The molecule has 0 saturated heterocycles. The minimum absolute atomic E-state index is 0.113. The van der Waals surface area contributed by atoms with Gasteiger partial charge in [0, 0.05) is 22.3 Å². The monoisotopic (exact) mass is 483 g/mol. The largest absolute Gasteiger partial charge is 0.497 e. The van der Waals surface area contributed by atoms with Crippen molar-refractivity contribution in [2.45, 2.75) is 24.9 Å². The van der Waals surface area contributed by atoms with Crippen LogP contribution in [0, 0.1) is 0 Å². The summed E-state index contributed by atoms with van der Waals surface area (Å²) in [6, 6.07) is 16.6. The number of carbonyl (C=O) groups excluding carboxylic acids is 1. The van der Waals surface area contributed by atoms with E-state index in [2.05, 4.69) is 20.7 Å². The molecule has 33 heavy (non-hydrogen) atoms. The summed E-state index contributed by atoms with van der Waals surface area (Å²) in [6.07, 6.45) is 0. The molecule has 1 N–H and O–H groups in total. The van der Waals surface area contributed by atoms with E-state index in [1.54, 1.807) is 25.3 Å². The van der Waals surface area contributed by atoms with Crippen LogP contribution in [0.3, 0.4) is 0 Å². The van der Waals surface area contributed by atoms with Crippen LogP contribution < -0.4 is 10.1 Å². The van der Waals surface area contributed by atoms with E-state index in [1.165, 1.54) is 11.8 Å². The number of hydrogen-bond donors (Lipinski definition) is 1. The maximum absolute atomic E-state index is 12.5. The summed E-state index contributed by atoms with van der Waals surface area (Å²) >= 11 is 7.34. The van der Waals surface area contributed by atoms with Gasteiger partial charge in [-0.05, 0) is 42.3 Å². The van der Waals surface area contributed by atoms with Crippen molar-refractivity contribution in [3.05, 3.63) is 65.3 Å². The molecular weight excluding hydrogens is 462 g/mol. The van der Waals surface area contributed by atoms with E-state index in [0.29, 0.717) is 27.6 Å². The summed E-state index contributed by atoms with van der Waals surface area (Å²) in [5, 5.41) is 16.6. The number of hydrogen-bond acceptors (Lipinski definition) is 7. The minimum Gasteiger partial charge on any atom is -0.497 e. The highest BCUT2D eigenvalue weighted by Gasteiger charge is 2.18. The van der Waals surface area contributed by atoms with Crippen LogP contribution in [0.1, 0.15) is 25.5 Å². The van der Waals surface area contributed by atoms with Crippen molar-refractivity contribution in [1.29, 1.82) is 0 Å². The van der Waals surface area contributed by atoms with Crippen molar-refractivity contribution >= 4 is 35.2 Å². The molecule has 0 saturated carbocycles. The van der Waals surface area contributed by atoms with Gasteiger partial charge in [0.15, 0.2) is 11.0 Å². The highest BCUT2D eigenvalue weighted by atomic mass is 35.5. The summed E-state index contributed by atoms with van der Waals surface area (Å²) in [7, 11) is 1.61. The summed E-state index contributed by atoms with van der Waals surface area (Å²) in [5.41, 5.74) is 2.43. The normalized spacial score (nSPS) is 11.1. The zero-order valence-corrected chi connectivity index (χ0v) is 19.9. The molecule has 2 aromatic carbocycles. The molecule has 4 rings (SSSR count). The van der Waals surface area contributed by atoms with E-state index in [-0.39, 0.29) is 17.6 Å². The van der Waals surface area contributed by atoms with Gasteiger partial charge in [0.25, 0.3) is 0 Å². The van der Waals surface area contributed by atoms with E-state index in [1.807, 2.05) is 54.8 Å². The van der Waals surface area contributed by atoms with Crippen LogP contribution in [0.25, 0.3) is 17.1 Å². The Morgan fingerprint density at radius 2 is 1.97 bits per heavy atom. The van der Waals surface area contributed by atoms with E-state index < -0.39 is 0 Å². The highest BCUT2D eigenvalue weighted by Crippen LogP contribution is 2.30. The molecule has 2 heterocycles. The molecule has 0 aliphatic carbocycles. The number of anilines is 1. The van der Waals surface area contributed by atoms with Crippen LogP contribution in [0.2, 0.25) is 5.02 Å². The van der Waals surface area contributed by atoms with E-state index in [0.717, 1.165) is 16.9 Å². The molecule has 2 aromatic heterocycles.